The lowest BCUT2D eigenvalue weighted by atomic mass is 9.97. The van der Waals surface area contributed by atoms with Gasteiger partial charge < -0.3 is 39.7 Å². The Hall–Kier alpha value is -6.64. The van der Waals surface area contributed by atoms with E-state index in [9.17, 15) is 34.5 Å². The first kappa shape index (κ1) is 30.4. The topological polar surface area (TPSA) is 210 Å². The lowest BCUT2D eigenvalue weighted by molar-refractivity contribution is 0.0649. The van der Waals surface area contributed by atoms with E-state index >= 15 is 0 Å². The Labute approximate surface area is 265 Å². The number of imidazole rings is 2. The molecule has 15 nitrogen and oxygen atoms in total. The molecule has 0 radical (unpaired) electrons. The van der Waals surface area contributed by atoms with Crippen LogP contribution in [0.3, 0.4) is 0 Å². The number of benzene rings is 3. The van der Waals surface area contributed by atoms with Gasteiger partial charge in [0.1, 0.15) is 34.5 Å². The van der Waals surface area contributed by atoms with E-state index in [2.05, 4.69) is 15.3 Å². The van der Waals surface area contributed by atoms with Crippen LogP contribution in [-0.4, -0.2) is 72.4 Å². The predicted molar refractivity (Wildman–Crippen MR) is 168 cm³/mol. The van der Waals surface area contributed by atoms with Crippen LogP contribution in [0.2, 0.25) is 0 Å². The predicted octanol–water partition coefficient (Wildman–Crippen LogP) is 3.75. The molecule has 5 N–H and O–H groups in total. The molecule has 238 valence electrons. The van der Waals surface area contributed by atoms with Crippen LogP contribution in [0.25, 0.3) is 11.4 Å². The van der Waals surface area contributed by atoms with Gasteiger partial charge in [-0.1, -0.05) is 24.3 Å². The Morgan fingerprint density at radius 2 is 1.34 bits per heavy atom. The molecule has 0 atom stereocenters. The second kappa shape index (κ2) is 12.0. The first-order chi connectivity index (χ1) is 22.6. The summed E-state index contributed by atoms with van der Waals surface area (Å²) in [6, 6.07) is 16.0. The molecule has 0 saturated carbocycles. The second-order valence-electron chi connectivity index (χ2n) is 10.4. The molecule has 0 saturated heterocycles. The summed E-state index contributed by atoms with van der Waals surface area (Å²) in [5.41, 5.74) is -0.529. The number of aliphatic imine (C=N–C) groups is 1. The highest BCUT2D eigenvalue weighted by Crippen LogP contribution is 2.37. The summed E-state index contributed by atoms with van der Waals surface area (Å²) >= 11 is 0. The zero-order valence-electron chi connectivity index (χ0n) is 24.8. The number of fused-ring (bicyclic) bond motifs is 3. The molecule has 0 unspecified atom stereocenters. The molecular formula is C32H26N6O9. The highest BCUT2D eigenvalue weighted by Gasteiger charge is 2.30. The fourth-order valence-electron chi connectivity index (χ4n) is 5.25. The van der Waals surface area contributed by atoms with Gasteiger partial charge in [-0.15, -0.1) is 0 Å². The summed E-state index contributed by atoms with van der Waals surface area (Å²) in [6.45, 7) is 0.334. The third kappa shape index (κ3) is 5.68. The molecule has 0 spiro atoms. The fourth-order valence-corrected chi connectivity index (χ4v) is 5.25. The molecule has 47 heavy (non-hydrogen) atoms. The van der Waals surface area contributed by atoms with Crippen LogP contribution in [0.15, 0.2) is 76.8 Å². The number of H-pyrrole nitrogens is 1. The molecule has 2 aromatic heterocycles. The van der Waals surface area contributed by atoms with Gasteiger partial charge in [0.05, 0.1) is 50.3 Å². The maximum atomic E-state index is 13.4. The van der Waals surface area contributed by atoms with Crippen LogP contribution in [0, 0.1) is 0 Å². The summed E-state index contributed by atoms with van der Waals surface area (Å²) in [6.07, 6.45) is 1.51. The van der Waals surface area contributed by atoms with E-state index in [1.54, 1.807) is 48.1 Å². The van der Waals surface area contributed by atoms with Gasteiger partial charge in [0, 0.05) is 5.56 Å². The summed E-state index contributed by atoms with van der Waals surface area (Å²) in [4.78, 5) is 62.0. The van der Waals surface area contributed by atoms with E-state index in [1.165, 1.54) is 18.0 Å². The monoisotopic (exact) mass is 638 g/mol. The van der Waals surface area contributed by atoms with Gasteiger partial charge in [-0.2, -0.15) is 0 Å². The van der Waals surface area contributed by atoms with Gasteiger partial charge in [-0.3, -0.25) is 4.57 Å². The van der Waals surface area contributed by atoms with Gasteiger partial charge in [0.25, 0.3) is 0 Å². The van der Waals surface area contributed by atoms with Crippen molar-refractivity contribution in [2.45, 2.75) is 13.1 Å². The van der Waals surface area contributed by atoms with Crippen molar-refractivity contribution in [1.29, 1.82) is 0 Å². The third-order valence-corrected chi connectivity index (χ3v) is 7.60. The fraction of sp³-hybridized carbons (Fsp3) is 0.125. The zero-order valence-corrected chi connectivity index (χ0v) is 24.8. The van der Waals surface area contributed by atoms with Crippen molar-refractivity contribution in [2.75, 3.05) is 19.5 Å². The van der Waals surface area contributed by atoms with Crippen molar-refractivity contribution < 1.29 is 39.2 Å². The van der Waals surface area contributed by atoms with Crippen LogP contribution in [0.1, 0.15) is 47.8 Å². The largest absolute Gasteiger partial charge is 0.497 e. The number of aromatic nitrogens is 4. The number of anilines is 1. The lowest BCUT2D eigenvalue weighted by Crippen LogP contribution is -2.24. The number of hydrogen-bond donors (Lipinski definition) is 5. The van der Waals surface area contributed by atoms with Gasteiger partial charge in [-0.05, 0) is 47.5 Å². The van der Waals surface area contributed by atoms with Crippen LogP contribution in [0.4, 0.5) is 11.6 Å². The quantitative estimate of drug-likeness (QED) is 0.149. The zero-order chi connectivity index (χ0) is 33.4. The van der Waals surface area contributed by atoms with Crippen LogP contribution in [0.5, 0.6) is 11.5 Å². The number of carboxylic acid groups (broad SMARTS) is 3. The van der Waals surface area contributed by atoms with E-state index in [4.69, 9.17) is 14.5 Å². The second-order valence-corrected chi connectivity index (χ2v) is 10.4. The van der Waals surface area contributed by atoms with Gasteiger partial charge in [0.15, 0.2) is 5.82 Å². The van der Waals surface area contributed by atoms with Crippen molar-refractivity contribution in [3.8, 4) is 22.9 Å². The van der Waals surface area contributed by atoms with Gasteiger partial charge in [-0.25, -0.2) is 29.2 Å². The molecule has 0 aliphatic carbocycles. The van der Waals surface area contributed by atoms with E-state index in [0.717, 1.165) is 23.3 Å². The average Bonchev–Trinajstić information content (AvgIpc) is 3.54. The van der Waals surface area contributed by atoms with Crippen molar-refractivity contribution in [2.24, 2.45) is 4.99 Å². The summed E-state index contributed by atoms with van der Waals surface area (Å²) in [7, 11) is 3.09. The normalized spacial score (nSPS) is 11.8. The average molecular weight is 639 g/mol. The Bertz CT molecular complexity index is 2140. The maximum Gasteiger partial charge on any atom is 0.336 e. The standard InChI is InChI=1S/C32H26N6O9/c1-46-18-7-3-16(4-8-18)13-37-15-33-24-25-28(38(32(45)34-25)14-17-5-9-19(47-2)10-6-17)36-26(35-27(24)37)20-11-22(30(41)42)23(31(43)44)12-21(20)29(39)40/h3-12,15H,13-14H2,1-2H3,(H,34,45)(H,35,36)(H,39,40)(H,41,42)(H,43,44). The minimum atomic E-state index is -1.62. The molecule has 0 amide bonds. The minimum absolute atomic E-state index is 0.0704. The molecule has 1 aliphatic rings. The van der Waals surface area contributed by atoms with Gasteiger partial charge >= 0.3 is 23.6 Å². The molecule has 5 aromatic rings. The number of nitrogens with one attached hydrogen (secondary N) is 2. The molecule has 6 rings (SSSR count). The van der Waals surface area contributed by atoms with Crippen LogP contribution >= 0.6 is 0 Å². The van der Waals surface area contributed by atoms with Crippen molar-refractivity contribution in [1.82, 2.24) is 19.1 Å². The molecule has 3 aromatic carbocycles. The number of rotatable bonds is 10. The Morgan fingerprint density at radius 1 is 0.787 bits per heavy atom. The number of methoxy groups -OCH3 is 2. The first-order valence-electron chi connectivity index (χ1n) is 14.0. The number of hydrogen-bond acceptors (Lipinski definition) is 9. The Kier molecular flexibility index (Phi) is 7.78. The number of nitrogens with zero attached hydrogens (tertiary/aromatic N) is 4. The van der Waals surface area contributed by atoms with Crippen LogP contribution < -0.4 is 20.5 Å². The SMILES string of the molecule is COc1ccc(Cn2cnc3c2N=C(c2cc(C(=O)O)c(C(=O)O)cc2C(=O)O)Nc2c-3[nH]c(=O)n2Cc2ccc(OC)cc2)cc1. The number of carboxylic acids is 3. The highest BCUT2D eigenvalue weighted by molar-refractivity contribution is 6.18. The van der Waals surface area contributed by atoms with Crippen molar-refractivity contribution in [3.63, 3.8) is 0 Å². The number of aromatic carboxylic acids is 3. The molecule has 3 heterocycles. The molecule has 0 bridgehead atoms. The molecule has 0 fully saturated rings. The van der Waals surface area contributed by atoms with E-state index in [-0.39, 0.29) is 47.5 Å². The van der Waals surface area contributed by atoms with Crippen LogP contribution in [-0.2, 0) is 13.1 Å². The number of amidine groups is 1. The molecule has 1 aliphatic heterocycles. The van der Waals surface area contributed by atoms with Crippen molar-refractivity contribution >= 4 is 35.4 Å². The Morgan fingerprint density at radius 3 is 1.89 bits per heavy atom. The maximum absolute atomic E-state index is 13.4. The summed E-state index contributed by atoms with van der Waals surface area (Å²) in [5, 5.41) is 32.7. The van der Waals surface area contributed by atoms with E-state index in [1.807, 2.05) is 12.1 Å². The highest BCUT2D eigenvalue weighted by atomic mass is 16.5. The molecular weight excluding hydrogens is 612 g/mol. The third-order valence-electron chi connectivity index (χ3n) is 7.60. The summed E-state index contributed by atoms with van der Waals surface area (Å²) in [5.74, 6) is -3.21. The first-order valence-corrected chi connectivity index (χ1v) is 14.0. The van der Waals surface area contributed by atoms with E-state index < -0.39 is 40.3 Å². The number of aromatic amines is 1. The van der Waals surface area contributed by atoms with Crippen molar-refractivity contribution in [3.05, 3.63) is 111 Å². The number of carbonyl (C=O) groups is 3. The summed E-state index contributed by atoms with van der Waals surface area (Å²) < 4.78 is 13.5. The van der Waals surface area contributed by atoms with Gasteiger partial charge in [0.2, 0.25) is 0 Å². The van der Waals surface area contributed by atoms with E-state index in [0.29, 0.717) is 11.5 Å². The molecule has 15 heteroatoms. The smallest absolute Gasteiger partial charge is 0.336 e. The lowest BCUT2D eigenvalue weighted by Gasteiger charge is -2.15. The minimum Gasteiger partial charge on any atom is -0.497 e. The number of ether oxygens (including phenoxy) is 2. The Balaban J connectivity index is 1.56.